The van der Waals surface area contributed by atoms with Gasteiger partial charge in [-0.25, -0.2) is 0 Å². The first kappa shape index (κ1) is 19.7. The van der Waals surface area contributed by atoms with Gasteiger partial charge in [0.25, 0.3) is 11.6 Å². The molecule has 0 aliphatic carbocycles. The average Bonchev–Trinajstić information content (AvgIpc) is 2.59. The van der Waals surface area contributed by atoms with Gasteiger partial charge < -0.3 is 10.6 Å². The number of rotatable bonds is 7. The molecule has 0 heterocycles. The lowest BCUT2D eigenvalue weighted by Crippen LogP contribution is -2.30. The molecule has 0 saturated heterocycles. The minimum absolute atomic E-state index is 0.0475. The van der Waals surface area contributed by atoms with Gasteiger partial charge in [0.05, 0.1) is 11.0 Å². The quantitative estimate of drug-likeness (QED) is 0.529. The first-order chi connectivity index (χ1) is 12.3. The van der Waals surface area contributed by atoms with Crippen LogP contribution in [0.25, 0.3) is 0 Å². The van der Waals surface area contributed by atoms with Crippen LogP contribution in [0.1, 0.15) is 49.2 Å². The van der Waals surface area contributed by atoms with Crippen molar-refractivity contribution in [1.82, 2.24) is 5.32 Å². The number of nitrogens with one attached hydrogen (secondary N) is 2. The minimum Gasteiger partial charge on any atom is -0.373 e. The molecule has 6 nitrogen and oxygen atoms in total. The predicted molar refractivity (Wildman–Crippen MR) is 104 cm³/mol. The normalized spacial score (nSPS) is 11.9. The Morgan fingerprint density at radius 1 is 1.19 bits per heavy atom. The molecule has 0 bridgehead atoms. The van der Waals surface area contributed by atoms with Gasteiger partial charge >= 0.3 is 0 Å². The monoisotopic (exact) mass is 375 g/mol. The Bertz CT molecular complexity index is 791. The minimum atomic E-state index is -0.483. The summed E-state index contributed by atoms with van der Waals surface area (Å²) < 4.78 is 0. The summed E-state index contributed by atoms with van der Waals surface area (Å²) in [5.41, 5.74) is 1.48. The van der Waals surface area contributed by atoms with E-state index in [4.69, 9.17) is 11.6 Å². The molecule has 0 radical (unpaired) electrons. The second-order valence-electron chi connectivity index (χ2n) is 6.27. The van der Waals surface area contributed by atoms with Crippen LogP contribution in [-0.2, 0) is 0 Å². The van der Waals surface area contributed by atoms with Gasteiger partial charge in [-0.3, -0.25) is 14.9 Å². The Morgan fingerprint density at radius 2 is 1.85 bits per heavy atom. The zero-order valence-electron chi connectivity index (χ0n) is 15.0. The Balaban J connectivity index is 2.31. The molecule has 0 spiro atoms. The van der Waals surface area contributed by atoms with Gasteiger partial charge in [0.15, 0.2) is 0 Å². The molecule has 2 rings (SSSR count). The van der Waals surface area contributed by atoms with Gasteiger partial charge in [-0.2, -0.15) is 0 Å². The van der Waals surface area contributed by atoms with Gasteiger partial charge in [-0.15, -0.1) is 0 Å². The number of benzene rings is 2. The van der Waals surface area contributed by atoms with Crippen LogP contribution >= 0.6 is 11.6 Å². The maximum Gasteiger partial charge on any atom is 0.293 e. The Morgan fingerprint density at radius 3 is 2.38 bits per heavy atom. The molecule has 0 aromatic heterocycles. The molecule has 2 aromatic carbocycles. The first-order valence-electron chi connectivity index (χ1n) is 8.43. The number of amides is 1. The van der Waals surface area contributed by atoms with Gasteiger partial charge in [0.1, 0.15) is 5.69 Å². The number of halogens is 1. The van der Waals surface area contributed by atoms with Crippen LogP contribution in [0.4, 0.5) is 11.4 Å². The summed E-state index contributed by atoms with van der Waals surface area (Å²) in [5, 5.41) is 18.1. The molecule has 138 valence electrons. The SMILES string of the molecule is CCC(Nc1ccc(C(=O)NC(C)C)cc1[N+](=O)[O-])c1ccc(Cl)cc1. The van der Waals surface area contributed by atoms with Crippen LogP contribution < -0.4 is 10.6 Å². The van der Waals surface area contributed by atoms with E-state index in [9.17, 15) is 14.9 Å². The molecule has 7 heteroatoms. The standard InChI is InChI=1S/C19H22ClN3O3/c1-4-16(13-5-8-15(20)9-6-13)22-17-10-7-14(11-18(17)23(25)26)19(24)21-12(2)3/h5-12,16,22H,4H2,1-3H3,(H,21,24). The van der Waals surface area contributed by atoms with Gasteiger partial charge in [0.2, 0.25) is 0 Å². The largest absolute Gasteiger partial charge is 0.373 e. The second-order valence-corrected chi connectivity index (χ2v) is 6.71. The number of carbonyl (C=O) groups excluding carboxylic acids is 1. The van der Waals surface area contributed by atoms with Gasteiger partial charge in [-0.1, -0.05) is 30.7 Å². The molecule has 0 aliphatic heterocycles. The zero-order chi connectivity index (χ0) is 19.3. The van der Waals surface area contributed by atoms with E-state index >= 15 is 0 Å². The summed E-state index contributed by atoms with van der Waals surface area (Å²) in [6, 6.07) is 11.7. The third-order valence-electron chi connectivity index (χ3n) is 3.89. The fourth-order valence-electron chi connectivity index (χ4n) is 2.60. The molecule has 2 aromatic rings. The number of anilines is 1. The Hall–Kier alpha value is -2.60. The Kier molecular flexibility index (Phi) is 6.58. The number of nitro groups is 1. The smallest absolute Gasteiger partial charge is 0.293 e. The highest BCUT2D eigenvalue weighted by Crippen LogP contribution is 2.31. The molecule has 1 unspecified atom stereocenters. The highest BCUT2D eigenvalue weighted by Gasteiger charge is 2.20. The lowest BCUT2D eigenvalue weighted by Gasteiger charge is -2.19. The summed E-state index contributed by atoms with van der Waals surface area (Å²) in [6.45, 7) is 5.66. The third-order valence-corrected chi connectivity index (χ3v) is 4.14. The topological polar surface area (TPSA) is 84.3 Å². The van der Waals surface area contributed by atoms with E-state index in [1.54, 1.807) is 24.3 Å². The molecule has 0 saturated carbocycles. The summed E-state index contributed by atoms with van der Waals surface area (Å²) >= 11 is 5.92. The van der Waals surface area contributed by atoms with Crippen molar-refractivity contribution in [1.29, 1.82) is 0 Å². The van der Waals surface area contributed by atoms with E-state index in [0.29, 0.717) is 10.7 Å². The van der Waals surface area contributed by atoms with E-state index in [2.05, 4.69) is 10.6 Å². The lowest BCUT2D eigenvalue weighted by atomic mass is 10.0. The van der Waals surface area contributed by atoms with E-state index in [0.717, 1.165) is 12.0 Å². The number of hydrogen-bond acceptors (Lipinski definition) is 4. The van der Waals surface area contributed by atoms with Crippen LogP contribution in [0.5, 0.6) is 0 Å². The van der Waals surface area contributed by atoms with Crippen molar-refractivity contribution in [3.8, 4) is 0 Å². The summed E-state index contributed by atoms with van der Waals surface area (Å²) in [6.07, 6.45) is 0.731. The molecule has 0 aliphatic rings. The zero-order valence-corrected chi connectivity index (χ0v) is 15.7. The summed E-state index contributed by atoms with van der Waals surface area (Å²) in [4.78, 5) is 23.1. The van der Waals surface area contributed by atoms with E-state index < -0.39 is 4.92 Å². The van der Waals surface area contributed by atoms with Crippen molar-refractivity contribution in [2.75, 3.05) is 5.32 Å². The average molecular weight is 376 g/mol. The van der Waals surface area contributed by atoms with Crippen LogP contribution in [0.15, 0.2) is 42.5 Å². The van der Waals surface area contributed by atoms with Crippen LogP contribution in [0.3, 0.4) is 0 Å². The van der Waals surface area contributed by atoms with Crippen molar-refractivity contribution in [2.24, 2.45) is 0 Å². The summed E-state index contributed by atoms with van der Waals surface area (Å²) in [7, 11) is 0. The fraction of sp³-hybridized carbons (Fsp3) is 0.316. The number of hydrogen-bond donors (Lipinski definition) is 2. The van der Waals surface area contributed by atoms with Gasteiger partial charge in [0, 0.05) is 22.7 Å². The molecule has 26 heavy (non-hydrogen) atoms. The van der Waals surface area contributed by atoms with Crippen LogP contribution in [-0.4, -0.2) is 16.9 Å². The van der Waals surface area contributed by atoms with Crippen LogP contribution in [0, 0.1) is 10.1 Å². The molecule has 0 fully saturated rings. The van der Waals surface area contributed by atoms with Crippen molar-refractivity contribution in [3.63, 3.8) is 0 Å². The van der Waals surface area contributed by atoms with Crippen molar-refractivity contribution >= 4 is 28.9 Å². The second kappa shape index (κ2) is 8.67. The maximum atomic E-state index is 12.1. The molecular formula is C19H22ClN3O3. The molecule has 1 amide bonds. The van der Waals surface area contributed by atoms with E-state index in [-0.39, 0.29) is 29.2 Å². The number of nitro benzene ring substituents is 1. The Labute approximate surface area is 157 Å². The van der Waals surface area contributed by atoms with Crippen LogP contribution in [0.2, 0.25) is 5.02 Å². The first-order valence-corrected chi connectivity index (χ1v) is 8.81. The molecular weight excluding hydrogens is 354 g/mol. The highest BCUT2D eigenvalue weighted by atomic mass is 35.5. The molecule has 1 atom stereocenters. The van der Waals surface area contributed by atoms with E-state index in [1.165, 1.54) is 6.07 Å². The number of carbonyl (C=O) groups is 1. The lowest BCUT2D eigenvalue weighted by molar-refractivity contribution is -0.384. The third kappa shape index (κ3) is 4.95. The van der Waals surface area contributed by atoms with Crippen molar-refractivity contribution < 1.29 is 9.72 Å². The van der Waals surface area contributed by atoms with Crippen molar-refractivity contribution in [2.45, 2.75) is 39.3 Å². The fourth-order valence-corrected chi connectivity index (χ4v) is 2.72. The highest BCUT2D eigenvalue weighted by molar-refractivity contribution is 6.30. The summed E-state index contributed by atoms with van der Waals surface area (Å²) in [5.74, 6) is -0.334. The van der Waals surface area contributed by atoms with Crippen molar-refractivity contribution in [3.05, 3.63) is 68.7 Å². The maximum absolute atomic E-state index is 12.1. The number of nitrogens with zero attached hydrogens (tertiary/aromatic N) is 1. The molecule has 2 N–H and O–H groups in total. The van der Waals surface area contributed by atoms with E-state index in [1.807, 2.05) is 32.9 Å². The predicted octanol–water partition coefficient (Wildman–Crippen LogP) is 4.95. The van der Waals surface area contributed by atoms with Gasteiger partial charge in [-0.05, 0) is 50.1 Å².